The number of hydrogen-bond acceptors (Lipinski definition) is 3. The van der Waals surface area contributed by atoms with Crippen molar-refractivity contribution in [2.75, 3.05) is 30.9 Å². The molecule has 1 unspecified atom stereocenters. The van der Waals surface area contributed by atoms with E-state index >= 15 is 0 Å². The van der Waals surface area contributed by atoms with Crippen molar-refractivity contribution >= 4 is 11.4 Å². The van der Waals surface area contributed by atoms with Gasteiger partial charge in [-0.1, -0.05) is 0 Å². The summed E-state index contributed by atoms with van der Waals surface area (Å²) in [5.41, 5.74) is 0.569. The fraction of sp³-hybridized carbons (Fsp3) is 0.500. The number of hydrogen-bond donors (Lipinski definition) is 2. The third-order valence-electron chi connectivity index (χ3n) is 2.92. The van der Waals surface area contributed by atoms with Crippen LogP contribution in [0.2, 0.25) is 0 Å². The molecular weight excluding hydrogens is 245 g/mol. The maximum atomic E-state index is 12.5. The number of methoxy groups -OCH3 is 1. The minimum absolute atomic E-state index is 0.175. The fourth-order valence-electron chi connectivity index (χ4n) is 1.93. The van der Waals surface area contributed by atoms with Gasteiger partial charge in [0.1, 0.15) is 0 Å². The van der Waals surface area contributed by atoms with E-state index in [1.54, 1.807) is 7.11 Å². The van der Waals surface area contributed by atoms with Crippen molar-refractivity contribution in [3.8, 4) is 0 Å². The number of benzene rings is 1. The lowest BCUT2D eigenvalue weighted by Gasteiger charge is -2.28. The van der Waals surface area contributed by atoms with Gasteiger partial charge in [-0.25, -0.2) is 0 Å². The van der Waals surface area contributed by atoms with Crippen LogP contribution in [0.4, 0.5) is 24.5 Å². The van der Waals surface area contributed by atoms with Gasteiger partial charge in [0.05, 0.1) is 16.9 Å². The molecule has 2 rings (SSSR count). The van der Waals surface area contributed by atoms with Crippen LogP contribution in [-0.2, 0) is 10.9 Å². The van der Waals surface area contributed by atoms with Gasteiger partial charge in [-0.05, 0) is 24.6 Å². The monoisotopic (exact) mass is 260 g/mol. The van der Waals surface area contributed by atoms with Crippen molar-refractivity contribution in [2.45, 2.75) is 18.6 Å². The molecule has 1 aromatic carbocycles. The summed E-state index contributed by atoms with van der Waals surface area (Å²) in [6, 6.07) is 3.86. The Bertz CT molecular complexity index is 420. The molecule has 3 nitrogen and oxygen atoms in total. The third-order valence-corrected chi connectivity index (χ3v) is 2.92. The Kier molecular flexibility index (Phi) is 3.65. The van der Waals surface area contributed by atoms with Crippen LogP contribution in [0.3, 0.4) is 0 Å². The summed E-state index contributed by atoms with van der Waals surface area (Å²) in [5.74, 6) is 0. The number of halogens is 3. The lowest BCUT2D eigenvalue weighted by Crippen LogP contribution is -2.34. The molecule has 0 aliphatic carbocycles. The molecule has 6 heteroatoms. The maximum Gasteiger partial charge on any atom is 0.416 e. The van der Waals surface area contributed by atoms with Crippen molar-refractivity contribution in [2.24, 2.45) is 0 Å². The molecule has 1 aliphatic rings. The van der Waals surface area contributed by atoms with Gasteiger partial charge in [-0.3, -0.25) is 0 Å². The minimum Gasteiger partial charge on any atom is -0.385 e. The van der Waals surface area contributed by atoms with Crippen LogP contribution in [0.5, 0.6) is 0 Å². The number of anilines is 2. The zero-order valence-electron chi connectivity index (χ0n) is 9.97. The van der Waals surface area contributed by atoms with Gasteiger partial charge in [0.25, 0.3) is 0 Å². The molecule has 1 aliphatic heterocycles. The lowest BCUT2D eigenvalue weighted by molar-refractivity contribution is -0.137. The number of nitrogens with one attached hydrogen (secondary N) is 2. The highest BCUT2D eigenvalue weighted by Crippen LogP contribution is 2.35. The molecule has 1 heterocycles. The molecule has 0 saturated heterocycles. The van der Waals surface area contributed by atoms with Gasteiger partial charge < -0.3 is 15.4 Å². The van der Waals surface area contributed by atoms with Gasteiger partial charge in [0, 0.05) is 26.3 Å². The summed E-state index contributed by atoms with van der Waals surface area (Å²) in [6.45, 7) is 1.22. The van der Waals surface area contributed by atoms with Crippen molar-refractivity contribution in [1.82, 2.24) is 0 Å². The molecule has 2 N–H and O–H groups in total. The lowest BCUT2D eigenvalue weighted by atomic mass is 10.1. The Balaban J connectivity index is 2.11. The molecule has 0 aromatic heterocycles. The predicted molar refractivity (Wildman–Crippen MR) is 63.8 cm³/mol. The topological polar surface area (TPSA) is 33.3 Å². The Morgan fingerprint density at radius 2 is 2.11 bits per heavy atom. The Morgan fingerprint density at radius 3 is 2.78 bits per heavy atom. The fourth-order valence-corrected chi connectivity index (χ4v) is 1.93. The maximum absolute atomic E-state index is 12.5. The second-order valence-electron chi connectivity index (χ2n) is 4.26. The Labute approximate surface area is 103 Å². The zero-order chi connectivity index (χ0) is 13.2. The van der Waals surface area contributed by atoms with Crippen LogP contribution in [0.1, 0.15) is 12.0 Å². The van der Waals surface area contributed by atoms with Gasteiger partial charge in [0.2, 0.25) is 0 Å². The van der Waals surface area contributed by atoms with E-state index in [1.165, 1.54) is 6.07 Å². The number of rotatable bonds is 3. The van der Waals surface area contributed by atoms with Crippen LogP contribution in [0, 0.1) is 0 Å². The predicted octanol–water partition coefficient (Wildman–Crippen LogP) is 2.95. The first-order valence-electron chi connectivity index (χ1n) is 5.71. The minimum atomic E-state index is -4.30. The molecule has 0 fully saturated rings. The van der Waals surface area contributed by atoms with Crippen LogP contribution in [-0.4, -0.2) is 26.3 Å². The van der Waals surface area contributed by atoms with Gasteiger partial charge >= 0.3 is 6.18 Å². The van der Waals surface area contributed by atoms with E-state index in [4.69, 9.17) is 4.74 Å². The van der Waals surface area contributed by atoms with Gasteiger partial charge in [-0.2, -0.15) is 13.2 Å². The Morgan fingerprint density at radius 1 is 1.33 bits per heavy atom. The molecule has 100 valence electrons. The van der Waals surface area contributed by atoms with Crippen LogP contribution in [0.15, 0.2) is 18.2 Å². The molecule has 0 saturated carbocycles. The SMILES string of the molecule is COCCC1CNc2cc(C(F)(F)F)ccc2N1. The van der Waals surface area contributed by atoms with Crippen LogP contribution >= 0.6 is 0 Å². The summed E-state index contributed by atoms with van der Waals surface area (Å²) < 4.78 is 42.6. The van der Waals surface area contributed by atoms with Crippen LogP contribution in [0.25, 0.3) is 0 Å². The summed E-state index contributed by atoms with van der Waals surface area (Å²) in [4.78, 5) is 0. The largest absolute Gasteiger partial charge is 0.416 e. The average Bonchev–Trinajstić information content (AvgIpc) is 2.34. The van der Waals surface area contributed by atoms with E-state index in [1.807, 2.05) is 0 Å². The van der Waals surface area contributed by atoms with E-state index in [0.717, 1.165) is 18.6 Å². The molecule has 18 heavy (non-hydrogen) atoms. The molecular formula is C12H15F3N2O. The molecule has 0 spiro atoms. The number of alkyl halides is 3. The van der Waals surface area contributed by atoms with Gasteiger partial charge in [-0.15, -0.1) is 0 Å². The van der Waals surface area contributed by atoms with Crippen LogP contribution < -0.4 is 10.6 Å². The number of fused-ring (bicyclic) bond motifs is 1. The summed E-state index contributed by atoms with van der Waals surface area (Å²) >= 11 is 0. The number of ether oxygens (including phenoxy) is 1. The standard InChI is InChI=1S/C12H15F3N2O/c1-18-5-4-9-7-16-11-6-8(12(13,14)15)2-3-10(11)17-9/h2-3,6,9,16-17H,4-5,7H2,1H3. The van der Waals surface area contributed by atoms with E-state index in [2.05, 4.69) is 10.6 Å². The quantitative estimate of drug-likeness (QED) is 0.876. The molecule has 0 amide bonds. The first kappa shape index (κ1) is 13.0. The second-order valence-corrected chi connectivity index (χ2v) is 4.26. The normalized spacial score (nSPS) is 18.8. The van der Waals surface area contributed by atoms with Crippen molar-refractivity contribution in [3.63, 3.8) is 0 Å². The highest BCUT2D eigenvalue weighted by Gasteiger charge is 2.31. The second kappa shape index (κ2) is 5.06. The average molecular weight is 260 g/mol. The van der Waals surface area contributed by atoms with E-state index < -0.39 is 11.7 Å². The molecule has 1 aromatic rings. The smallest absolute Gasteiger partial charge is 0.385 e. The van der Waals surface area contributed by atoms with Crippen molar-refractivity contribution in [1.29, 1.82) is 0 Å². The van der Waals surface area contributed by atoms with E-state index in [0.29, 0.717) is 24.5 Å². The first-order valence-corrected chi connectivity index (χ1v) is 5.71. The third kappa shape index (κ3) is 2.87. The van der Waals surface area contributed by atoms with Crippen molar-refractivity contribution in [3.05, 3.63) is 23.8 Å². The molecule has 1 atom stereocenters. The van der Waals surface area contributed by atoms with Gasteiger partial charge in [0.15, 0.2) is 0 Å². The van der Waals surface area contributed by atoms with E-state index in [9.17, 15) is 13.2 Å². The summed E-state index contributed by atoms with van der Waals surface area (Å²) in [7, 11) is 1.62. The molecule has 0 radical (unpaired) electrons. The van der Waals surface area contributed by atoms with Crippen molar-refractivity contribution < 1.29 is 17.9 Å². The summed E-state index contributed by atoms with van der Waals surface area (Å²) in [6.07, 6.45) is -3.49. The highest BCUT2D eigenvalue weighted by atomic mass is 19.4. The molecule has 0 bridgehead atoms. The Hall–Kier alpha value is -1.43. The summed E-state index contributed by atoms with van der Waals surface area (Å²) in [5, 5.41) is 6.22. The first-order chi connectivity index (χ1) is 8.50. The van der Waals surface area contributed by atoms with E-state index in [-0.39, 0.29) is 6.04 Å². The zero-order valence-corrected chi connectivity index (χ0v) is 9.97. The highest BCUT2D eigenvalue weighted by molar-refractivity contribution is 5.72.